The molecule has 5 aliphatic rings. The number of alkyl halides is 2. The molecule has 2 bridgehead atoms. The molecule has 0 atom stereocenters. The van der Waals surface area contributed by atoms with Crippen LogP contribution in [0, 0.1) is 0 Å². The monoisotopic (exact) mass is 624 g/mol. The Balaban J connectivity index is 1.11. The second-order valence-electron chi connectivity index (χ2n) is 11.5. The Kier molecular flexibility index (Phi) is 6.89. The van der Waals surface area contributed by atoms with Crippen LogP contribution in [0.1, 0.15) is 40.0 Å². The maximum absolute atomic E-state index is 13.8. The van der Waals surface area contributed by atoms with E-state index in [0.29, 0.717) is 11.6 Å². The first-order valence-corrected chi connectivity index (χ1v) is 14.3. The van der Waals surface area contributed by atoms with Gasteiger partial charge in [0, 0.05) is 48.2 Å². The molecule has 8 rings (SSSR count). The first-order chi connectivity index (χ1) is 21.6. The number of hydrogen-bond donors (Lipinski definition) is 3. The third kappa shape index (κ3) is 5.21. The number of aromatic nitrogens is 2. The molecular weight excluding hydrogens is 594 g/mol. The highest BCUT2D eigenvalue weighted by atomic mass is 19.3. The van der Waals surface area contributed by atoms with Crippen LogP contribution in [0.2, 0.25) is 0 Å². The van der Waals surface area contributed by atoms with Crippen molar-refractivity contribution in [2.24, 2.45) is 0 Å². The van der Waals surface area contributed by atoms with Crippen LogP contribution in [0.3, 0.4) is 0 Å². The van der Waals surface area contributed by atoms with Gasteiger partial charge in [0.1, 0.15) is 17.1 Å². The number of methoxy groups -OCH3 is 2. The van der Waals surface area contributed by atoms with Crippen LogP contribution in [0.5, 0.6) is 23.1 Å². The highest BCUT2D eigenvalue weighted by Crippen LogP contribution is 2.65. The largest absolute Gasteiger partial charge is 0.586 e. The van der Waals surface area contributed by atoms with Crippen LogP contribution in [-0.4, -0.2) is 84.6 Å². The molecule has 1 aromatic carbocycles. The first kappa shape index (κ1) is 29.0. The minimum absolute atomic E-state index is 0.00226. The van der Waals surface area contributed by atoms with Crippen LogP contribution < -0.4 is 34.9 Å². The molecule has 15 heteroatoms. The summed E-state index contributed by atoms with van der Waals surface area (Å²) in [6.45, 7) is 3.30. The lowest BCUT2D eigenvalue weighted by Crippen LogP contribution is -2.82. The van der Waals surface area contributed by atoms with Crippen molar-refractivity contribution in [1.29, 1.82) is 0 Å². The standard InChI is InChI=1S/C30H30F2N6O7/c1-41-21-5-6-33-25(37-28-14-29(15-28,16-28)38-7-9-43-10-8-38)24(21)27(40)36-19-13-34-23(42-2)12-18(19)26(39)35-17-3-4-20-22(11-17)45-30(31,32)44-20/h3-6,11-13H,7-10,14-16H2,1-2H3,(H,33,37)(H,35,39)(H,36,40). The molecule has 13 nitrogen and oxygen atoms in total. The van der Waals surface area contributed by atoms with E-state index in [0.717, 1.165) is 45.6 Å². The highest BCUT2D eigenvalue weighted by Gasteiger charge is 2.70. The normalized spacial score (nSPS) is 24.1. The number of morpholine rings is 1. The van der Waals surface area contributed by atoms with Crippen molar-refractivity contribution >= 4 is 29.0 Å². The number of anilines is 3. The van der Waals surface area contributed by atoms with Crippen LogP contribution >= 0.6 is 0 Å². The molecule has 2 aromatic heterocycles. The topological polar surface area (TPSA) is 145 Å². The number of benzene rings is 1. The number of carbonyl (C=O) groups is 2. The SMILES string of the molecule is COc1cc(C(=O)Nc2ccc3c(c2)OC(F)(F)O3)c(NC(=O)c2c(OC)ccnc2NC23CC(N4CCOCC4)(C2)C3)cn1. The Hall–Kier alpha value is -4.76. The quantitative estimate of drug-likeness (QED) is 0.320. The van der Waals surface area contributed by atoms with Gasteiger partial charge in [0.15, 0.2) is 11.5 Å². The van der Waals surface area contributed by atoms with Gasteiger partial charge in [-0.05, 0) is 37.5 Å². The number of ether oxygens (including phenoxy) is 5. The molecule has 3 saturated carbocycles. The number of amides is 2. The number of carbonyl (C=O) groups excluding carboxylic acids is 2. The van der Waals surface area contributed by atoms with Crippen molar-refractivity contribution in [3.05, 3.63) is 53.9 Å². The predicted molar refractivity (Wildman–Crippen MR) is 155 cm³/mol. The molecule has 1 saturated heterocycles. The number of fused-ring (bicyclic) bond motifs is 1. The lowest BCUT2D eigenvalue weighted by molar-refractivity contribution is -0.286. The number of halogens is 2. The zero-order valence-corrected chi connectivity index (χ0v) is 24.4. The molecule has 0 spiro atoms. The molecular formula is C30H30F2N6O7. The van der Waals surface area contributed by atoms with Gasteiger partial charge in [0.05, 0.1) is 44.9 Å². The Labute approximate surface area is 256 Å². The fraction of sp³-hybridized carbons (Fsp3) is 0.400. The molecule has 3 aliphatic carbocycles. The van der Waals surface area contributed by atoms with E-state index in [1.54, 1.807) is 12.3 Å². The smallest absolute Gasteiger partial charge is 0.496 e. The summed E-state index contributed by atoms with van der Waals surface area (Å²) in [6.07, 6.45) is 1.86. The molecule has 3 aromatic rings. The average Bonchev–Trinajstić information content (AvgIpc) is 3.31. The van der Waals surface area contributed by atoms with E-state index < -0.39 is 18.1 Å². The van der Waals surface area contributed by atoms with Crippen molar-refractivity contribution in [2.45, 2.75) is 36.6 Å². The molecule has 45 heavy (non-hydrogen) atoms. The zero-order valence-electron chi connectivity index (χ0n) is 24.4. The van der Waals surface area contributed by atoms with Crippen LogP contribution in [-0.2, 0) is 4.74 Å². The summed E-state index contributed by atoms with van der Waals surface area (Å²) < 4.78 is 52.1. The van der Waals surface area contributed by atoms with E-state index in [1.807, 2.05) is 0 Å². The van der Waals surface area contributed by atoms with E-state index in [4.69, 9.17) is 14.2 Å². The summed E-state index contributed by atoms with van der Waals surface area (Å²) in [5.41, 5.74) is 0.384. The third-order valence-corrected chi connectivity index (χ3v) is 8.67. The van der Waals surface area contributed by atoms with Gasteiger partial charge in [0.2, 0.25) is 5.88 Å². The molecule has 2 amide bonds. The number of nitrogens with one attached hydrogen (secondary N) is 3. The van der Waals surface area contributed by atoms with Crippen molar-refractivity contribution in [2.75, 3.05) is 56.5 Å². The second kappa shape index (κ2) is 10.7. The van der Waals surface area contributed by atoms with Crippen LogP contribution in [0.15, 0.2) is 42.7 Å². The maximum atomic E-state index is 13.8. The van der Waals surface area contributed by atoms with Gasteiger partial charge in [-0.2, -0.15) is 0 Å². The Morgan fingerprint density at radius 3 is 2.42 bits per heavy atom. The van der Waals surface area contributed by atoms with Gasteiger partial charge in [-0.15, -0.1) is 8.78 Å². The highest BCUT2D eigenvalue weighted by molar-refractivity contribution is 6.14. The summed E-state index contributed by atoms with van der Waals surface area (Å²) in [5, 5.41) is 8.89. The van der Waals surface area contributed by atoms with E-state index >= 15 is 0 Å². The second-order valence-corrected chi connectivity index (χ2v) is 11.5. The van der Waals surface area contributed by atoms with Crippen molar-refractivity contribution in [3.63, 3.8) is 0 Å². The third-order valence-electron chi connectivity index (χ3n) is 8.67. The van der Waals surface area contributed by atoms with Gasteiger partial charge < -0.3 is 39.6 Å². The minimum Gasteiger partial charge on any atom is -0.496 e. The fourth-order valence-electron chi connectivity index (χ4n) is 6.66. The minimum atomic E-state index is -3.80. The maximum Gasteiger partial charge on any atom is 0.586 e. The molecule has 236 valence electrons. The van der Waals surface area contributed by atoms with Gasteiger partial charge in [-0.25, -0.2) is 9.97 Å². The molecule has 0 radical (unpaired) electrons. The average molecular weight is 625 g/mol. The molecule has 3 N–H and O–H groups in total. The van der Waals surface area contributed by atoms with Gasteiger partial charge in [-0.3, -0.25) is 14.5 Å². The Morgan fingerprint density at radius 2 is 1.69 bits per heavy atom. The van der Waals surface area contributed by atoms with Crippen LogP contribution in [0.25, 0.3) is 0 Å². The zero-order chi connectivity index (χ0) is 31.4. The van der Waals surface area contributed by atoms with Gasteiger partial charge in [0.25, 0.3) is 11.8 Å². The van der Waals surface area contributed by atoms with Gasteiger partial charge in [-0.1, -0.05) is 0 Å². The van der Waals surface area contributed by atoms with E-state index in [1.165, 1.54) is 44.7 Å². The summed E-state index contributed by atoms with van der Waals surface area (Å²) in [5.74, 6) is -0.874. The lowest BCUT2D eigenvalue weighted by Gasteiger charge is -2.74. The molecule has 4 heterocycles. The Morgan fingerprint density at radius 1 is 0.933 bits per heavy atom. The number of pyridine rings is 2. The van der Waals surface area contributed by atoms with E-state index in [9.17, 15) is 18.4 Å². The number of hydrogen-bond acceptors (Lipinski definition) is 11. The predicted octanol–water partition coefficient (Wildman–Crippen LogP) is 3.74. The van der Waals surface area contributed by atoms with Crippen molar-refractivity contribution in [3.8, 4) is 23.1 Å². The summed E-state index contributed by atoms with van der Waals surface area (Å²) >= 11 is 0. The lowest BCUT2D eigenvalue weighted by atomic mass is 9.43. The van der Waals surface area contributed by atoms with E-state index in [-0.39, 0.29) is 51.0 Å². The van der Waals surface area contributed by atoms with Gasteiger partial charge >= 0.3 is 6.29 Å². The molecule has 4 fully saturated rings. The Bertz CT molecular complexity index is 1660. The summed E-state index contributed by atoms with van der Waals surface area (Å²) in [6, 6.07) is 6.76. The number of nitrogens with zero attached hydrogens (tertiary/aromatic N) is 3. The first-order valence-electron chi connectivity index (χ1n) is 14.3. The van der Waals surface area contributed by atoms with Crippen molar-refractivity contribution < 1.29 is 42.1 Å². The van der Waals surface area contributed by atoms with Crippen LogP contribution in [0.4, 0.5) is 26.0 Å². The van der Waals surface area contributed by atoms with Crippen molar-refractivity contribution in [1.82, 2.24) is 14.9 Å². The molecule has 2 aliphatic heterocycles. The molecule has 0 unspecified atom stereocenters. The fourth-order valence-corrected chi connectivity index (χ4v) is 6.66. The summed E-state index contributed by atoms with van der Waals surface area (Å²) in [7, 11) is 2.84. The van der Waals surface area contributed by atoms with E-state index in [2.05, 4.69) is 40.3 Å². The number of rotatable bonds is 9. The summed E-state index contributed by atoms with van der Waals surface area (Å²) in [4.78, 5) is 38.4.